The number of methoxy groups -OCH3 is 1. The highest BCUT2D eigenvalue weighted by Gasteiger charge is 2.35. The Morgan fingerprint density at radius 1 is 1.33 bits per heavy atom. The van der Waals surface area contributed by atoms with E-state index in [9.17, 15) is 9.59 Å². The number of piperidine rings is 1. The summed E-state index contributed by atoms with van der Waals surface area (Å²) in [6.07, 6.45) is 3.83. The second-order valence-corrected chi connectivity index (χ2v) is 6.51. The van der Waals surface area contributed by atoms with Crippen LogP contribution in [0.2, 0.25) is 0 Å². The van der Waals surface area contributed by atoms with Crippen molar-refractivity contribution in [2.75, 3.05) is 13.7 Å². The van der Waals surface area contributed by atoms with Gasteiger partial charge in [0.15, 0.2) is 5.76 Å². The van der Waals surface area contributed by atoms with Gasteiger partial charge in [0, 0.05) is 6.54 Å². The first-order valence-electron chi connectivity index (χ1n) is 8.80. The van der Waals surface area contributed by atoms with Gasteiger partial charge in [-0.2, -0.15) is 0 Å². The molecule has 1 atom stereocenters. The van der Waals surface area contributed by atoms with E-state index in [0.29, 0.717) is 41.1 Å². The van der Waals surface area contributed by atoms with E-state index in [1.807, 2.05) is 0 Å². The summed E-state index contributed by atoms with van der Waals surface area (Å²) in [7, 11) is 1.34. The minimum atomic E-state index is -0.591. The zero-order valence-electron chi connectivity index (χ0n) is 15.1. The number of furan rings is 1. The minimum Gasteiger partial charge on any atom is -0.467 e. The van der Waals surface area contributed by atoms with Gasteiger partial charge in [-0.25, -0.2) is 9.78 Å². The first-order valence-corrected chi connectivity index (χ1v) is 8.80. The van der Waals surface area contributed by atoms with E-state index in [2.05, 4.69) is 10.1 Å². The van der Waals surface area contributed by atoms with E-state index in [1.165, 1.54) is 13.4 Å². The number of ether oxygens (including phenoxy) is 1. The summed E-state index contributed by atoms with van der Waals surface area (Å²) in [5.41, 5.74) is 1.69. The lowest BCUT2D eigenvalue weighted by Crippen LogP contribution is -2.48. The van der Waals surface area contributed by atoms with Gasteiger partial charge in [0.1, 0.15) is 11.7 Å². The highest BCUT2D eigenvalue weighted by Crippen LogP contribution is 2.30. The zero-order valence-corrected chi connectivity index (χ0v) is 15.1. The van der Waals surface area contributed by atoms with Gasteiger partial charge in [0.25, 0.3) is 11.6 Å². The summed E-state index contributed by atoms with van der Waals surface area (Å²) in [4.78, 5) is 31.6. The van der Waals surface area contributed by atoms with Crippen LogP contribution >= 0.6 is 0 Å². The standard InChI is InChI=1S/C19H19N3O5/c1-11-16-12(18(23)22-8-4-3-6-14(22)19(24)25-2)10-13(15-7-5-9-26-15)20-17(16)27-21-11/h5,7,9-10,14H,3-4,6,8H2,1-2H3. The van der Waals surface area contributed by atoms with Gasteiger partial charge in [-0.3, -0.25) is 4.79 Å². The third-order valence-electron chi connectivity index (χ3n) is 4.86. The molecule has 0 saturated carbocycles. The molecular formula is C19H19N3O5. The number of hydrogen-bond donors (Lipinski definition) is 0. The number of rotatable bonds is 3. The third-order valence-corrected chi connectivity index (χ3v) is 4.86. The second kappa shape index (κ2) is 6.86. The minimum absolute atomic E-state index is 0.261. The summed E-state index contributed by atoms with van der Waals surface area (Å²) in [6, 6.07) is 4.57. The number of nitrogens with zero attached hydrogens (tertiary/aromatic N) is 3. The molecule has 4 heterocycles. The molecule has 1 aliphatic rings. The Kier molecular flexibility index (Phi) is 4.39. The Morgan fingerprint density at radius 2 is 2.19 bits per heavy atom. The van der Waals surface area contributed by atoms with Crippen molar-refractivity contribution in [1.29, 1.82) is 0 Å². The maximum atomic E-state index is 13.4. The zero-order chi connectivity index (χ0) is 19.0. The second-order valence-electron chi connectivity index (χ2n) is 6.51. The first-order chi connectivity index (χ1) is 13.1. The molecule has 0 aromatic carbocycles. The van der Waals surface area contributed by atoms with Crippen LogP contribution in [0.1, 0.15) is 35.3 Å². The Morgan fingerprint density at radius 3 is 2.93 bits per heavy atom. The van der Waals surface area contributed by atoms with Crippen molar-refractivity contribution in [1.82, 2.24) is 15.0 Å². The lowest BCUT2D eigenvalue weighted by Gasteiger charge is -2.33. The summed E-state index contributed by atoms with van der Waals surface area (Å²) < 4.78 is 15.6. The van der Waals surface area contributed by atoms with Gasteiger partial charge in [-0.1, -0.05) is 5.16 Å². The molecule has 3 aromatic rings. The van der Waals surface area contributed by atoms with Crippen LogP contribution in [0.3, 0.4) is 0 Å². The van der Waals surface area contributed by atoms with Crippen molar-refractivity contribution in [3.63, 3.8) is 0 Å². The number of fused-ring (bicyclic) bond motifs is 1. The quantitative estimate of drug-likeness (QED) is 0.655. The van der Waals surface area contributed by atoms with Gasteiger partial charge >= 0.3 is 5.97 Å². The molecule has 27 heavy (non-hydrogen) atoms. The molecule has 140 valence electrons. The molecule has 1 unspecified atom stereocenters. The van der Waals surface area contributed by atoms with E-state index in [1.54, 1.807) is 30.0 Å². The molecule has 1 saturated heterocycles. The van der Waals surface area contributed by atoms with Crippen LogP contribution in [0.4, 0.5) is 0 Å². The molecule has 0 N–H and O–H groups in total. The Hall–Kier alpha value is -3.16. The van der Waals surface area contributed by atoms with Crippen molar-refractivity contribution in [2.45, 2.75) is 32.2 Å². The molecule has 0 aliphatic carbocycles. The highest BCUT2D eigenvalue weighted by molar-refractivity contribution is 6.08. The Labute approximate surface area is 155 Å². The van der Waals surface area contributed by atoms with Crippen molar-refractivity contribution >= 4 is 23.0 Å². The number of carbonyl (C=O) groups excluding carboxylic acids is 2. The van der Waals surface area contributed by atoms with Crippen molar-refractivity contribution < 1.29 is 23.3 Å². The number of amides is 1. The number of pyridine rings is 1. The summed E-state index contributed by atoms with van der Waals surface area (Å²) in [5.74, 6) is -0.151. The number of aromatic nitrogens is 2. The van der Waals surface area contributed by atoms with E-state index in [4.69, 9.17) is 13.7 Å². The molecule has 1 aliphatic heterocycles. The van der Waals surface area contributed by atoms with Crippen LogP contribution in [0.25, 0.3) is 22.6 Å². The summed E-state index contributed by atoms with van der Waals surface area (Å²) in [5, 5.41) is 4.49. The van der Waals surface area contributed by atoms with Crippen LogP contribution in [0.15, 0.2) is 33.4 Å². The SMILES string of the molecule is COC(=O)C1CCCCN1C(=O)c1cc(-c2ccco2)nc2onc(C)c12. The monoisotopic (exact) mass is 369 g/mol. The van der Waals surface area contributed by atoms with Gasteiger partial charge < -0.3 is 18.6 Å². The first kappa shape index (κ1) is 17.3. The number of hydrogen-bond acceptors (Lipinski definition) is 7. The van der Waals surface area contributed by atoms with E-state index < -0.39 is 12.0 Å². The number of carbonyl (C=O) groups is 2. The molecule has 0 bridgehead atoms. The average molecular weight is 369 g/mol. The molecule has 4 rings (SSSR count). The van der Waals surface area contributed by atoms with Crippen molar-refractivity contribution in [3.05, 3.63) is 35.7 Å². The van der Waals surface area contributed by atoms with E-state index in [0.717, 1.165) is 12.8 Å². The maximum absolute atomic E-state index is 13.4. The van der Waals surface area contributed by atoms with Gasteiger partial charge in [0.2, 0.25) is 0 Å². The van der Waals surface area contributed by atoms with Gasteiger partial charge in [-0.05, 0) is 44.4 Å². The smallest absolute Gasteiger partial charge is 0.328 e. The van der Waals surface area contributed by atoms with E-state index in [-0.39, 0.29) is 11.6 Å². The molecule has 3 aromatic heterocycles. The van der Waals surface area contributed by atoms with Gasteiger partial charge in [0.05, 0.1) is 30.0 Å². The fourth-order valence-corrected chi connectivity index (χ4v) is 3.52. The van der Waals surface area contributed by atoms with Crippen LogP contribution in [0.5, 0.6) is 0 Å². The maximum Gasteiger partial charge on any atom is 0.328 e. The molecule has 8 heteroatoms. The lowest BCUT2D eigenvalue weighted by molar-refractivity contribution is -0.147. The molecule has 0 spiro atoms. The highest BCUT2D eigenvalue weighted by atomic mass is 16.5. The lowest BCUT2D eigenvalue weighted by atomic mass is 9.99. The molecule has 8 nitrogen and oxygen atoms in total. The topological polar surface area (TPSA) is 98.7 Å². The third kappa shape index (κ3) is 2.97. The fourth-order valence-electron chi connectivity index (χ4n) is 3.52. The van der Waals surface area contributed by atoms with Crippen LogP contribution in [-0.2, 0) is 9.53 Å². The predicted octanol–water partition coefficient (Wildman–Crippen LogP) is 2.96. The van der Waals surface area contributed by atoms with Crippen molar-refractivity contribution in [3.8, 4) is 11.5 Å². The molecule has 0 radical (unpaired) electrons. The number of aryl methyl sites for hydroxylation is 1. The molecule has 1 amide bonds. The largest absolute Gasteiger partial charge is 0.467 e. The Bertz CT molecular complexity index is 992. The number of likely N-dealkylation sites (tertiary alicyclic amines) is 1. The van der Waals surface area contributed by atoms with Crippen LogP contribution in [0, 0.1) is 6.92 Å². The Balaban J connectivity index is 1.82. The van der Waals surface area contributed by atoms with Crippen LogP contribution in [-0.4, -0.2) is 46.6 Å². The number of esters is 1. The normalized spacial score (nSPS) is 17.3. The molecular weight excluding hydrogens is 350 g/mol. The van der Waals surface area contributed by atoms with Gasteiger partial charge in [-0.15, -0.1) is 0 Å². The fraction of sp³-hybridized carbons (Fsp3) is 0.368. The summed E-state index contributed by atoms with van der Waals surface area (Å²) >= 11 is 0. The summed E-state index contributed by atoms with van der Waals surface area (Å²) in [6.45, 7) is 2.24. The predicted molar refractivity (Wildman–Crippen MR) is 94.9 cm³/mol. The van der Waals surface area contributed by atoms with Crippen molar-refractivity contribution in [2.24, 2.45) is 0 Å². The van der Waals surface area contributed by atoms with E-state index >= 15 is 0 Å². The van der Waals surface area contributed by atoms with Crippen LogP contribution < -0.4 is 0 Å². The average Bonchev–Trinajstić information content (AvgIpc) is 3.36. The molecule has 1 fully saturated rings.